The van der Waals surface area contributed by atoms with Gasteiger partial charge in [-0.05, 0) is 29.8 Å². The molecule has 1 fully saturated rings. The maximum atomic E-state index is 12.7. The summed E-state index contributed by atoms with van der Waals surface area (Å²) in [5, 5.41) is 7.89. The zero-order valence-corrected chi connectivity index (χ0v) is 18.2. The van der Waals surface area contributed by atoms with Crippen LogP contribution in [0.4, 0.5) is 0 Å². The fourth-order valence-corrected chi connectivity index (χ4v) is 4.02. The molecule has 0 aliphatic carbocycles. The Hall–Kier alpha value is -3.23. The Bertz CT molecular complexity index is 1110. The number of aromatic nitrogens is 2. The van der Waals surface area contributed by atoms with Crippen molar-refractivity contribution in [1.29, 1.82) is 0 Å². The van der Waals surface area contributed by atoms with Crippen LogP contribution in [0.1, 0.15) is 18.0 Å². The molecule has 1 saturated heterocycles. The number of nitrogens with one attached hydrogen (secondary N) is 1. The van der Waals surface area contributed by atoms with Crippen molar-refractivity contribution in [2.24, 2.45) is 0 Å². The van der Waals surface area contributed by atoms with Gasteiger partial charge >= 0.3 is 0 Å². The Labute approximate surface area is 186 Å². The molecule has 2 aromatic carbocycles. The normalized spacial score (nSPS) is 15.4. The van der Waals surface area contributed by atoms with Crippen LogP contribution < -0.4 is 15.5 Å². The fourth-order valence-electron chi connectivity index (χ4n) is 4.02. The lowest BCUT2D eigenvalue weighted by atomic mass is 10.0. The summed E-state index contributed by atoms with van der Waals surface area (Å²) in [6, 6.07) is 15.3. The van der Waals surface area contributed by atoms with Crippen molar-refractivity contribution in [2.75, 3.05) is 40.0 Å². The summed E-state index contributed by atoms with van der Waals surface area (Å²) in [5.41, 5.74) is 1.74. The van der Waals surface area contributed by atoms with Crippen LogP contribution in [0.15, 0.2) is 59.5 Å². The first-order valence-corrected chi connectivity index (χ1v) is 10.8. The maximum Gasteiger partial charge on any atom is 0.221 e. The smallest absolute Gasteiger partial charge is 0.221 e. The molecule has 1 aliphatic heterocycles. The van der Waals surface area contributed by atoms with Crippen LogP contribution in [0.25, 0.3) is 10.9 Å². The highest BCUT2D eigenvalue weighted by Crippen LogP contribution is 2.23. The van der Waals surface area contributed by atoms with E-state index >= 15 is 0 Å². The number of nitrogens with zero attached hydrogens (tertiary/aromatic N) is 3. The molecule has 1 N–H and O–H groups in total. The Kier molecular flexibility index (Phi) is 7.14. The van der Waals surface area contributed by atoms with Crippen LogP contribution in [-0.2, 0) is 16.1 Å². The predicted octanol–water partition coefficient (Wildman–Crippen LogP) is 1.98. The molecule has 1 aromatic heterocycles. The summed E-state index contributed by atoms with van der Waals surface area (Å²) < 4.78 is 12.5. The number of para-hydroxylation sites is 1. The molecule has 2 heterocycles. The molecule has 1 unspecified atom stereocenters. The molecule has 0 spiro atoms. The van der Waals surface area contributed by atoms with E-state index in [9.17, 15) is 9.59 Å². The van der Waals surface area contributed by atoms with Gasteiger partial charge in [0.2, 0.25) is 11.3 Å². The first-order chi connectivity index (χ1) is 15.7. The van der Waals surface area contributed by atoms with Crippen molar-refractivity contribution >= 4 is 16.8 Å². The van der Waals surface area contributed by atoms with Crippen molar-refractivity contribution in [3.8, 4) is 5.75 Å². The molecule has 3 aromatic rings. The van der Waals surface area contributed by atoms with Crippen molar-refractivity contribution in [1.82, 2.24) is 20.0 Å². The minimum Gasteiger partial charge on any atom is -0.497 e. The number of carbonyl (C=O) groups excluding carboxylic acids is 1. The molecule has 168 valence electrons. The first kappa shape index (κ1) is 22.0. The van der Waals surface area contributed by atoms with Gasteiger partial charge < -0.3 is 14.8 Å². The van der Waals surface area contributed by atoms with Crippen molar-refractivity contribution in [3.63, 3.8) is 0 Å². The number of benzene rings is 2. The van der Waals surface area contributed by atoms with Crippen LogP contribution in [0, 0.1) is 0 Å². The second-order valence-electron chi connectivity index (χ2n) is 7.74. The molecule has 8 heteroatoms. The number of hydrogen-bond acceptors (Lipinski definition) is 6. The number of hydrogen-bond donors (Lipinski definition) is 1. The molecule has 1 aliphatic rings. The van der Waals surface area contributed by atoms with E-state index in [4.69, 9.17) is 9.47 Å². The van der Waals surface area contributed by atoms with Gasteiger partial charge in [-0.1, -0.05) is 24.3 Å². The van der Waals surface area contributed by atoms with Crippen LogP contribution in [0.2, 0.25) is 0 Å². The molecular formula is C24H28N4O4. The lowest BCUT2D eigenvalue weighted by Crippen LogP contribution is -2.43. The van der Waals surface area contributed by atoms with Gasteiger partial charge in [-0.25, -0.2) is 0 Å². The van der Waals surface area contributed by atoms with Gasteiger partial charge in [0, 0.05) is 31.4 Å². The number of morpholine rings is 1. The number of rotatable bonds is 8. The molecular weight excluding hydrogens is 408 g/mol. The Morgan fingerprint density at radius 3 is 2.66 bits per heavy atom. The van der Waals surface area contributed by atoms with E-state index in [1.165, 1.54) is 6.20 Å². The number of aryl methyl sites for hydroxylation is 1. The highest BCUT2D eigenvalue weighted by molar-refractivity contribution is 5.79. The first-order valence-electron chi connectivity index (χ1n) is 10.8. The number of amides is 1. The van der Waals surface area contributed by atoms with E-state index < -0.39 is 0 Å². The third kappa shape index (κ3) is 5.15. The van der Waals surface area contributed by atoms with Crippen molar-refractivity contribution in [3.05, 3.63) is 70.5 Å². The van der Waals surface area contributed by atoms with E-state index in [0.717, 1.165) is 29.9 Å². The summed E-state index contributed by atoms with van der Waals surface area (Å²) in [4.78, 5) is 27.0. The summed E-state index contributed by atoms with van der Waals surface area (Å²) >= 11 is 0. The van der Waals surface area contributed by atoms with Crippen LogP contribution in [-0.4, -0.2) is 60.5 Å². The lowest BCUT2D eigenvalue weighted by molar-refractivity contribution is -0.121. The molecule has 32 heavy (non-hydrogen) atoms. The monoisotopic (exact) mass is 436 g/mol. The topological polar surface area (TPSA) is 85.7 Å². The summed E-state index contributed by atoms with van der Waals surface area (Å²) in [7, 11) is 1.65. The van der Waals surface area contributed by atoms with Gasteiger partial charge in [-0.2, -0.15) is 5.10 Å². The van der Waals surface area contributed by atoms with Gasteiger partial charge in [0.25, 0.3) is 0 Å². The molecule has 0 radical (unpaired) electrons. The molecule has 8 nitrogen and oxygen atoms in total. The predicted molar refractivity (Wildman–Crippen MR) is 122 cm³/mol. The highest BCUT2D eigenvalue weighted by atomic mass is 16.5. The third-order valence-corrected chi connectivity index (χ3v) is 5.79. The van der Waals surface area contributed by atoms with Crippen molar-refractivity contribution < 1.29 is 14.3 Å². The maximum absolute atomic E-state index is 12.7. The molecule has 0 bridgehead atoms. The minimum atomic E-state index is -0.117. The zero-order valence-electron chi connectivity index (χ0n) is 18.2. The summed E-state index contributed by atoms with van der Waals surface area (Å²) in [5.74, 6) is 0.751. The fraction of sp³-hybridized carbons (Fsp3) is 0.375. The number of carbonyl (C=O) groups is 1. The second kappa shape index (κ2) is 10.4. The van der Waals surface area contributed by atoms with Crippen LogP contribution >= 0.6 is 0 Å². The van der Waals surface area contributed by atoms with E-state index in [1.807, 2.05) is 42.5 Å². The molecule has 1 amide bonds. The summed E-state index contributed by atoms with van der Waals surface area (Å²) in [6.45, 7) is 3.91. The average Bonchev–Trinajstić information content (AvgIpc) is 2.85. The largest absolute Gasteiger partial charge is 0.497 e. The quantitative estimate of drug-likeness (QED) is 0.581. The van der Waals surface area contributed by atoms with Gasteiger partial charge in [0.05, 0.1) is 44.6 Å². The van der Waals surface area contributed by atoms with Gasteiger partial charge in [-0.15, -0.1) is 0 Å². The molecule has 0 saturated carbocycles. The third-order valence-electron chi connectivity index (χ3n) is 5.79. The number of fused-ring (bicyclic) bond motifs is 1. The van der Waals surface area contributed by atoms with Gasteiger partial charge in [0.1, 0.15) is 5.75 Å². The standard InChI is InChI=1S/C24H28N4O4/c1-31-19-8-6-18(7-9-19)22(27-12-14-32-15-13-27)16-25-24(30)10-11-28-21-5-3-2-4-20(21)23(29)17-26-28/h2-9,17,22H,10-16H2,1H3,(H,25,30). The van der Waals surface area contributed by atoms with E-state index in [1.54, 1.807) is 17.9 Å². The number of methoxy groups -OCH3 is 1. The minimum absolute atomic E-state index is 0.0543. The van der Waals surface area contributed by atoms with E-state index in [0.29, 0.717) is 31.7 Å². The molecule has 4 rings (SSSR count). The van der Waals surface area contributed by atoms with Crippen LogP contribution in [0.3, 0.4) is 0 Å². The Balaban J connectivity index is 1.41. The Morgan fingerprint density at radius 1 is 1.16 bits per heavy atom. The SMILES string of the molecule is COc1ccc(C(CNC(=O)CCn2ncc(=O)c3ccccc32)N2CCOCC2)cc1. The average molecular weight is 437 g/mol. The van der Waals surface area contributed by atoms with Gasteiger partial charge in [0.15, 0.2) is 0 Å². The summed E-state index contributed by atoms with van der Waals surface area (Å²) in [6.07, 6.45) is 1.58. The van der Waals surface area contributed by atoms with Gasteiger partial charge in [-0.3, -0.25) is 19.2 Å². The van der Waals surface area contributed by atoms with Crippen molar-refractivity contribution in [2.45, 2.75) is 19.0 Å². The second-order valence-corrected chi connectivity index (χ2v) is 7.74. The lowest BCUT2D eigenvalue weighted by Gasteiger charge is -2.35. The van der Waals surface area contributed by atoms with Crippen LogP contribution in [0.5, 0.6) is 5.75 Å². The Morgan fingerprint density at radius 2 is 1.91 bits per heavy atom. The highest BCUT2D eigenvalue weighted by Gasteiger charge is 2.23. The van der Waals surface area contributed by atoms with E-state index in [2.05, 4.69) is 15.3 Å². The molecule has 1 atom stereocenters. The number of ether oxygens (including phenoxy) is 2. The van der Waals surface area contributed by atoms with E-state index in [-0.39, 0.29) is 23.8 Å². The zero-order chi connectivity index (χ0) is 22.3.